The highest BCUT2D eigenvalue weighted by atomic mass is 16.2. The number of urea groups is 1. The molecule has 0 aliphatic carbocycles. The van der Waals surface area contributed by atoms with Gasteiger partial charge in [0.25, 0.3) is 0 Å². The van der Waals surface area contributed by atoms with Crippen molar-refractivity contribution in [2.45, 2.75) is 13.0 Å². The Morgan fingerprint density at radius 2 is 2.00 bits per heavy atom. The van der Waals surface area contributed by atoms with Crippen LogP contribution in [0.5, 0.6) is 0 Å². The van der Waals surface area contributed by atoms with Gasteiger partial charge in [-0.3, -0.25) is 9.88 Å². The summed E-state index contributed by atoms with van der Waals surface area (Å²) >= 11 is 0. The van der Waals surface area contributed by atoms with Crippen molar-refractivity contribution in [2.75, 3.05) is 23.3 Å². The molecule has 2 amide bonds. The Morgan fingerprint density at radius 1 is 1.12 bits per heavy atom. The van der Waals surface area contributed by atoms with E-state index in [1.807, 2.05) is 36.5 Å². The van der Waals surface area contributed by atoms with Crippen molar-refractivity contribution in [1.29, 1.82) is 0 Å². The maximum absolute atomic E-state index is 12.0. The van der Waals surface area contributed by atoms with Gasteiger partial charge < -0.3 is 10.6 Å². The van der Waals surface area contributed by atoms with E-state index >= 15 is 0 Å². The molecule has 0 radical (unpaired) electrons. The molecule has 1 saturated heterocycles. The Bertz CT molecular complexity index is 904. The van der Waals surface area contributed by atoms with E-state index in [0.29, 0.717) is 6.54 Å². The van der Waals surface area contributed by atoms with Gasteiger partial charge in [-0.1, -0.05) is 30.3 Å². The number of benzene rings is 2. The number of nitrogens with one attached hydrogen (secondary N) is 2. The van der Waals surface area contributed by atoms with Gasteiger partial charge in [0.2, 0.25) is 0 Å². The summed E-state index contributed by atoms with van der Waals surface area (Å²) in [5.41, 5.74) is 4.07. The van der Waals surface area contributed by atoms with E-state index < -0.39 is 0 Å². The Morgan fingerprint density at radius 3 is 2.92 bits per heavy atom. The van der Waals surface area contributed by atoms with Crippen molar-refractivity contribution in [3.63, 3.8) is 0 Å². The number of para-hydroxylation sites is 1. The quantitative estimate of drug-likeness (QED) is 0.765. The largest absolute Gasteiger partial charge is 0.381 e. The number of aromatic nitrogens is 1. The van der Waals surface area contributed by atoms with Gasteiger partial charge in [0.1, 0.15) is 0 Å². The molecule has 0 atom stereocenters. The molecule has 1 fully saturated rings. The average Bonchev–Trinajstić information content (AvgIpc) is 2.67. The molecule has 1 aromatic heterocycles. The minimum absolute atomic E-state index is 0.0262. The van der Waals surface area contributed by atoms with Crippen LogP contribution < -0.4 is 15.5 Å². The van der Waals surface area contributed by atoms with Crippen LogP contribution >= 0.6 is 0 Å². The number of amides is 2. The lowest BCUT2D eigenvalue weighted by atomic mass is 10.1. The summed E-state index contributed by atoms with van der Waals surface area (Å²) in [6, 6.07) is 18.2. The van der Waals surface area contributed by atoms with Crippen LogP contribution in [0, 0.1) is 0 Å². The summed E-state index contributed by atoms with van der Waals surface area (Å²) in [7, 11) is 0. The van der Waals surface area contributed by atoms with Gasteiger partial charge in [-0.2, -0.15) is 0 Å². The monoisotopic (exact) mass is 332 g/mol. The maximum atomic E-state index is 12.0. The number of fused-ring (bicyclic) bond motifs is 1. The number of carbonyl (C=O) groups is 1. The van der Waals surface area contributed by atoms with Crippen LogP contribution in [0.3, 0.4) is 0 Å². The van der Waals surface area contributed by atoms with Crippen LogP contribution in [0.4, 0.5) is 16.2 Å². The molecule has 0 unspecified atom stereocenters. The number of carbonyl (C=O) groups excluding carboxylic acids is 1. The number of anilines is 2. The molecule has 4 rings (SSSR count). The van der Waals surface area contributed by atoms with E-state index in [9.17, 15) is 4.79 Å². The second kappa shape index (κ2) is 6.81. The first-order valence-corrected chi connectivity index (χ1v) is 8.53. The summed E-state index contributed by atoms with van der Waals surface area (Å²) < 4.78 is 0. The summed E-state index contributed by atoms with van der Waals surface area (Å²) in [6.07, 6.45) is 2.78. The Balaban J connectivity index is 1.53. The molecular formula is C20H20N4O. The zero-order valence-electron chi connectivity index (χ0n) is 13.9. The minimum atomic E-state index is -0.0262. The average molecular weight is 332 g/mol. The fourth-order valence-electron chi connectivity index (χ4n) is 3.17. The molecule has 0 saturated carbocycles. The van der Waals surface area contributed by atoms with Crippen LogP contribution in [-0.2, 0) is 6.54 Å². The lowest BCUT2D eigenvalue weighted by molar-refractivity contribution is 0.243. The van der Waals surface area contributed by atoms with Gasteiger partial charge in [-0.05, 0) is 36.2 Å². The fourth-order valence-corrected chi connectivity index (χ4v) is 3.17. The normalized spacial score (nSPS) is 14.4. The van der Waals surface area contributed by atoms with Gasteiger partial charge >= 0.3 is 6.03 Å². The van der Waals surface area contributed by atoms with Crippen LogP contribution in [0.15, 0.2) is 60.8 Å². The molecular weight excluding hydrogens is 312 g/mol. The van der Waals surface area contributed by atoms with Crippen LogP contribution in [0.25, 0.3) is 10.9 Å². The second-order valence-electron chi connectivity index (χ2n) is 6.13. The van der Waals surface area contributed by atoms with Gasteiger partial charge in [0.05, 0.1) is 5.52 Å². The van der Waals surface area contributed by atoms with E-state index in [0.717, 1.165) is 47.4 Å². The summed E-state index contributed by atoms with van der Waals surface area (Å²) in [6.45, 7) is 2.19. The number of rotatable bonds is 4. The van der Waals surface area contributed by atoms with Crippen molar-refractivity contribution < 1.29 is 4.79 Å². The molecule has 1 aliphatic rings. The molecule has 0 bridgehead atoms. The summed E-state index contributed by atoms with van der Waals surface area (Å²) in [5.74, 6) is 0. The number of hydrogen-bond acceptors (Lipinski definition) is 3. The third-order valence-electron chi connectivity index (χ3n) is 4.44. The predicted octanol–water partition coefficient (Wildman–Crippen LogP) is 3.77. The number of pyridine rings is 1. The lowest BCUT2D eigenvalue weighted by Crippen LogP contribution is -2.46. The SMILES string of the molecule is O=C1NCCCN1c1cccc(NCc2cccc3cccnc23)c1. The minimum Gasteiger partial charge on any atom is -0.381 e. The molecule has 2 N–H and O–H groups in total. The van der Waals surface area contributed by atoms with Crippen molar-refractivity contribution in [3.05, 3.63) is 66.4 Å². The summed E-state index contributed by atoms with van der Waals surface area (Å²) in [5, 5.41) is 7.47. The topological polar surface area (TPSA) is 57.3 Å². The smallest absolute Gasteiger partial charge is 0.321 e. The van der Waals surface area contributed by atoms with E-state index in [-0.39, 0.29) is 6.03 Å². The molecule has 0 spiro atoms. The molecule has 2 aromatic carbocycles. The first-order valence-electron chi connectivity index (χ1n) is 8.53. The zero-order valence-corrected chi connectivity index (χ0v) is 13.9. The van der Waals surface area contributed by atoms with Crippen LogP contribution in [0.2, 0.25) is 0 Å². The fraction of sp³-hybridized carbons (Fsp3) is 0.200. The molecule has 5 heteroatoms. The highest BCUT2D eigenvalue weighted by molar-refractivity contribution is 5.93. The Kier molecular flexibility index (Phi) is 4.21. The third-order valence-corrected chi connectivity index (χ3v) is 4.44. The Hall–Kier alpha value is -3.08. The van der Waals surface area contributed by atoms with E-state index in [2.05, 4.69) is 39.9 Å². The van der Waals surface area contributed by atoms with Crippen LogP contribution in [0.1, 0.15) is 12.0 Å². The van der Waals surface area contributed by atoms with Crippen molar-refractivity contribution >= 4 is 28.3 Å². The van der Waals surface area contributed by atoms with Crippen molar-refractivity contribution in [1.82, 2.24) is 10.3 Å². The summed E-state index contributed by atoms with van der Waals surface area (Å²) in [4.78, 5) is 18.3. The van der Waals surface area contributed by atoms with Crippen LogP contribution in [-0.4, -0.2) is 24.1 Å². The van der Waals surface area contributed by atoms with Crippen molar-refractivity contribution in [2.24, 2.45) is 0 Å². The number of hydrogen-bond donors (Lipinski definition) is 2. The van der Waals surface area contributed by atoms with Gasteiger partial charge in [-0.25, -0.2) is 4.79 Å². The van der Waals surface area contributed by atoms with Gasteiger partial charge in [-0.15, -0.1) is 0 Å². The lowest BCUT2D eigenvalue weighted by Gasteiger charge is -2.27. The number of nitrogens with zero attached hydrogens (tertiary/aromatic N) is 2. The van der Waals surface area contributed by atoms with E-state index in [4.69, 9.17) is 0 Å². The molecule has 3 aromatic rings. The first-order chi connectivity index (χ1) is 12.3. The van der Waals surface area contributed by atoms with Crippen molar-refractivity contribution in [3.8, 4) is 0 Å². The molecule has 2 heterocycles. The van der Waals surface area contributed by atoms with E-state index in [1.54, 1.807) is 4.90 Å². The first kappa shape index (κ1) is 15.4. The van der Waals surface area contributed by atoms with Gasteiger partial charge in [0, 0.05) is 42.6 Å². The maximum Gasteiger partial charge on any atom is 0.321 e. The van der Waals surface area contributed by atoms with Gasteiger partial charge in [0.15, 0.2) is 0 Å². The third kappa shape index (κ3) is 3.26. The highest BCUT2D eigenvalue weighted by Gasteiger charge is 2.19. The standard InChI is InChI=1S/C20H20N4O/c25-20-22-11-4-12-24(20)18-9-2-8-17(13-18)23-14-16-6-1-5-15-7-3-10-21-19(15)16/h1-3,5-10,13,23H,4,11-12,14H2,(H,22,25). The molecule has 126 valence electrons. The molecule has 1 aliphatic heterocycles. The second-order valence-corrected chi connectivity index (χ2v) is 6.13. The Labute approximate surface area is 146 Å². The van der Waals surface area contributed by atoms with E-state index in [1.165, 1.54) is 0 Å². The zero-order chi connectivity index (χ0) is 17.1. The molecule has 25 heavy (non-hydrogen) atoms. The molecule has 5 nitrogen and oxygen atoms in total. The highest BCUT2D eigenvalue weighted by Crippen LogP contribution is 2.23. The predicted molar refractivity (Wildman–Crippen MR) is 101 cm³/mol.